The minimum atomic E-state index is -4.56. The maximum Gasteiger partial charge on any atom is 0.417 e. The summed E-state index contributed by atoms with van der Waals surface area (Å²) in [6, 6.07) is 5.75. The molecule has 30 heavy (non-hydrogen) atoms. The number of fused-ring (bicyclic) bond motifs is 2. The molecule has 1 heterocycles. The van der Waals surface area contributed by atoms with E-state index < -0.39 is 17.7 Å². The van der Waals surface area contributed by atoms with Crippen molar-refractivity contribution in [3.05, 3.63) is 52.2 Å². The molecule has 0 saturated heterocycles. The Morgan fingerprint density at radius 2 is 1.80 bits per heavy atom. The Morgan fingerprint density at radius 3 is 2.37 bits per heavy atom. The Labute approximate surface area is 176 Å². The number of hydrogen-bond acceptors (Lipinski definition) is 4. The molecule has 2 saturated carbocycles. The van der Waals surface area contributed by atoms with Gasteiger partial charge in [-0.05, 0) is 55.0 Å². The van der Waals surface area contributed by atoms with Crippen molar-refractivity contribution < 1.29 is 27.5 Å². The van der Waals surface area contributed by atoms with Crippen LogP contribution in [-0.2, 0) is 22.2 Å². The van der Waals surface area contributed by atoms with Gasteiger partial charge in [-0.15, -0.1) is 0 Å². The summed E-state index contributed by atoms with van der Waals surface area (Å²) in [5.74, 6) is -1.00. The number of ether oxygens (including phenoxy) is 1. The third kappa shape index (κ3) is 3.71. The van der Waals surface area contributed by atoms with Crippen molar-refractivity contribution in [2.45, 2.75) is 44.7 Å². The largest absolute Gasteiger partial charge is 0.438 e. The monoisotopic (exact) mass is 437 g/mol. The summed E-state index contributed by atoms with van der Waals surface area (Å²) in [7, 11) is 0. The van der Waals surface area contributed by atoms with Crippen LogP contribution in [0.5, 0.6) is 11.6 Å². The summed E-state index contributed by atoms with van der Waals surface area (Å²) in [6.45, 7) is 1.93. The average molecular weight is 438 g/mol. The van der Waals surface area contributed by atoms with Crippen LogP contribution < -0.4 is 4.74 Å². The molecular formula is C22H19ClF3NO3. The van der Waals surface area contributed by atoms with E-state index in [2.05, 4.69) is 4.98 Å². The van der Waals surface area contributed by atoms with Gasteiger partial charge in [0.15, 0.2) is 11.6 Å². The highest BCUT2D eigenvalue weighted by atomic mass is 35.5. The predicted octanol–water partition coefficient (Wildman–Crippen LogP) is 5.76. The first kappa shape index (κ1) is 20.8. The van der Waals surface area contributed by atoms with Gasteiger partial charge in [-0.3, -0.25) is 9.59 Å². The van der Waals surface area contributed by atoms with Gasteiger partial charge in [-0.25, -0.2) is 4.98 Å². The number of benzene rings is 1. The molecule has 1 aromatic heterocycles. The standard InChI is InChI=1S/C22H19ClF3NO3/c1-2-11-5-6-15(30-21-17(23)8-14(10-27-21)22(24,25)26)9-16(11)18-19(28)12-3-4-13(7-12)20(18)29/h5-6,8-10,12-13,18H,2-4,7H2,1H3/t12-,13+,18?. The number of rotatable bonds is 4. The summed E-state index contributed by atoms with van der Waals surface area (Å²) in [5, 5.41) is -0.284. The van der Waals surface area contributed by atoms with E-state index in [0.717, 1.165) is 24.5 Å². The van der Waals surface area contributed by atoms with Crippen molar-refractivity contribution >= 4 is 23.2 Å². The topological polar surface area (TPSA) is 56.3 Å². The zero-order valence-electron chi connectivity index (χ0n) is 16.1. The number of Topliss-reactive ketones (excluding diaryl/α,β-unsaturated/α-hetero) is 2. The van der Waals surface area contributed by atoms with Gasteiger partial charge in [0.2, 0.25) is 5.88 Å². The van der Waals surface area contributed by atoms with Crippen molar-refractivity contribution in [3.63, 3.8) is 0 Å². The summed E-state index contributed by atoms with van der Waals surface area (Å²) in [4.78, 5) is 29.5. The van der Waals surface area contributed by atoms with Crippen LogP contribution >= 0.6 is 11.6 Å². The van der Waals surface area contributed by atoms with E-state index in [9.17, 15) is 22.8 Å². The van der Waals surface area contributed by atoms with Gasteiger partial charge in [-0.1, -0.05) is 24.6 Å². The lowest BCUT2D eigenvalue weighted by Crippen LogP contribution is -2.35. The number of alkyl halides is 3. The molecule has 2 aliphatic rings. The number of carbonyl (C=O) groups is 2. The van der Waals surface area contributed by atoms with E-state index in [-0.39, 0.29) is 40.1 Å². The third-order valence-corrected chi connectivity index (χ3v) is 6.24. The van der Waals surface area contributed by atoms with Crippen molar-refractivity contribution in [2.75, 3.05) is 0 Å². The fourth-order valence-electron chi connectivity index (χ4n) is 4.41. The van der Waals surface area contributed by atoms with E-state index >= 15 is 0 Å². The zero-order chi connectivity index (χ0) is 21.6. The Morgan fingerprint density at radius 1 is 1.13 bits per heavy atom. The molecule has 0 radical (unpaired) electrons. The van der Waals surface area contributed by atoms with Gasteiger partial charge in [0.05, 0.1) is 5.56 Å². The molecule has 3 atom stereocenters. The lowest BCUT2D eigenvalue weighted by molar-refractivity contribution is -0.138. The van der Waals surface area contributed by atoms with Gasteiger partial charge in [-0.2, -0.15) is 13.2 Å². The molecule has 8 heteroatoms. The lowest BCUT2D eigenvalue weighted by Gasteiger charge is -2.27. The Hall–Kier alpha value is -2.41. The quantitative estimate of drug-likeness (QED) is 0.570. The molecule has 4 rings (SSSR count). The van der Waals surface area contributed by atoms with E-state index in [0.29, 0.717) is 24.6 Å². The first-order valence-electron chi connectivity index (χ1n) is 9.80. The van der Waals surface area contributed by atoms with Crippen LogP contribution in [0.15, 0.2) is 30.5 Å². The maximum atomic E-state index is 12.9. The number of carbonyl (C=O) groups excluding carboxylic acids is 2. The predicted molar refractivity (Wildman–Crippen MR) is 104 cm³/mol. The first-order chi connectivity index (χ1) is 14.2. The summed E-state index contributed by atoms with van der Waals surface area (Å²) >= 11 is 5.93. The van der Waals surface area contributed by atoms with Gasteiger partial charge >= 0.3 is 6.18 Å². The highest BCUT2D eigenvalue weighted by molar-refractivity contribution is 6.31. The minimum Gasteiger partial charge on any atom is -0.438 e. The minimum absolute atomic E-state index is 0.0497. The fourth-order valence-corrected chi connectivity index (χ4v) is 4.62. The van der Waals surface area contributed by atoms with Crippen LogP contribution in [-0.4, -0.2) is 16.6 Å². The maximum absolute atomic E-state index is 12.9. The smallest absolute Gasteiger partial charge is 0.417 e. The van der Waals surface area contributed by atoms with Gasteiger partial charge in [0.25, 0.3) is 0 Å². The summed E-state index contributed by atoms with van der Waals surface area (Å²) in [6.07, 6.45) is -1.16. The van der Waals surface area contributed by atoms with Crippen molar-refractivity contribution in [1.29, 1.82) is 0 Å². The molecule has 1 aromatic carbocycles. The summed E-state index contributed by atoms with van der Waals surface area (Å²) < 4.78 is 44.0. The number of ketones is 2. The first-order valence-corrected chi connectivity index (χ1v) is 10.2. The van der Waals surface area contributed by atoms with Crippen molar-refractivity contribution in [3.8, 4) is 11.6 Å². The number of hydrogen-bond donors (Lipinski definition) is 0. The molecule has 0 spiro atoms. The molecule has 2 fully saturated rings. The van der Waals surface area contributed by atoms with E-state index in [1.165, 1.54) is 0 Å². The molecule has 2 aliphatic carbocycles. The number of nitrogens with zero attached hydrogens (tertiary/aromatic N) is 1. The molecular weight excluding hydrogens is 419 g/mol. The highest BCUT2D eigenvalue weighted by Crippen LogP contribution is 2.45. The molecule has 2 aromatic rings. The highest BCUT2D eigenvalue weighted by Gasteiger charge is 2.47. The Bertz CT molecular complexity index is 999. The molecule has 0 amide bonds. The molecule has 158 valence electrons. The van der Waals surface area contributed by atoms with E-state index in [1.807, 2.05) is 6.92 Å². The normalized spacial score (nSPS) is 23.7. The second-order valence-corrected chi connectivity index (χ2v) is 8.18. The van der Waals surface area contributed by atoms with Gasteiger partial charge in [0.1, 0.15) is 16.7 Å². The number of aromatic nitrogens is 1. The lowest BCUT2D eigenvalue weighted by atomic mass is 9.74. The van der Waals surface area contributed by atoms with Gasteiger partial charge < -0.3 is 4.74 Å². The average Bonchev–Trinajstić information content (AvgIpc) is 3.15. The Balaban J connectivity index is 1.67. The zero-order valence-corrected chi connectivity index (χ0v) is 16.9. The number of aryl methyl sites for hydroxylation is 1. The second kappa shape index (κ2) is 7.69. The summed E-state index contributed by atoms with van der Waals surface area (Å²) in [5.41, 5.74) is 0.488. The van der Waals surface area contributed by atoms with Crippen LogP contribution in [0.4, 0.5) is 13.2 Å². The SMILES string of the molecule is CCc1ccc(Oc2ncc(C(F)(F)F)cc2Cl)cc1C1C(=O)[C@@H]2CC[C@@H](C2)C1=O. The van der Waals surface area contributed by atoms with E-state index in [4.69, 9.17) is 16.3 Å². The van der Waals surface area contributed by atoms with Crippen LogP contribution in [0, 0.1) is 11.8 Å². The van der Waals surface area contributed by atoms with Crippen LogP contribution in [0.1, 0.15) is 48.8 Å². The third-order valence-electron chi connectivity index (χ3n) is 5.96. The molecule has 0 N–H and O–H groups in total. The Kier molecular flexibility index (Phi) is 5.34. The van der Waals surface area contributed by atoms with Crippen LogP contribution in [0.2, 0.25) is 5.02 Å². The van der Waals surface area contributed by atoms with Crippen molar-refractivity contribution in [1.82, 2.24) is 4.98 Å². The number of pyridine rings is 1. The van der Waals surface area contributed by atoms with E-state index in [1.54, 1.807) is 18.2 Å². The molecule has 1 unspecified atom stereocenters. The second-order valence-electron chi connectivity index (χ2n) is 7.77. The molecule has 0 aliphatic heterocycles. The van der Waals surface area contributed by atoms with Crippen LogP contribution in [0.3, 0.4) is 0 Å². The fraction of sp³-hybridized carbons (Fsp3) is 0.409. The van der Waals surface area contributed by atoms with Gasteiger partial charge in [0, 0.05) is 18.0 Å². The van der Waals surface area contributed by atoms with Crippen molar-refractivity contribution in [2.24, 2.45) is 11.8 Å². The number of halogens is 4. The molecule has 2 bridgehead atoms. The van der Waals surface area contributed by atoms with Crippen LogP contribution in [0.25, 0.3) is 0 Å². The molecule has 4 nitrogen and oxygen atoms in total.